The minimum Gasteiger partial charge on any atom is -0.338 e. The van der Waals surface area contributed by atoms with Gasteiger partial charge in [0.05, 0.1) is 5.92 Å². The van der Waals surface area contributed by atoms with Gasteiger partial charge in [-0.3, -0.25) is 4.79 Å². The van der Waals surface area contributed by atoms with Crippen molar-refractivity contribution in [2.45, 2.75) is 38.1 Å². The maximum Gasteiger partial charge on any atom is 0.230 e. The standard InChI is InChI=1S/C16H22N2O.ClH/c1-11-5-4-8-18(15(11)10-17)16(19)14-9-12-6-2-3-7-13(12)14;/h2-3,6-7,11,14-15H,4-5,8-10,17H2,1H3;1H. The average molecular weight is 295 g/mol. The van der Waals surface area contributed by atoms with Crippen LogP contribution in [0.4, 0.5) is 0 Å². The maximum atomic E-state index is 12.7. The molecule has 0 aromatic heterocycles. The third kappa shape index (κ3) is 2.45. The summed E-state index contributed by atoms with van der Waals surface area (Å²) in [6.07, 6.45) is 3.20. The van der Waals surface area contributed by atoms with Crippen molar-refractivity contribution in [2.75, 3.05) is 13.1 Å². The Morgan fingerprint density at radius 3 is 2.85 bits per heavy atom. The Hall–Kier alpha value is -1.06. The molecule has 20 heavy (non-hydrogen) atoms. The highest BCUT2D eigenvalue weighted by molar-refractivity contribution is 5.87. The molecule has 2 aliphatic rings. The molecule has 1 aliphatic heterocycles. The van der Waals surface area contributed by atoms with Crippen LogP contribution in [0.15, 0.2) is 24.3 Å². The highest BCUT2D eigenvalue weighted by atomic mass is 35.5. The zero-order valence-corrected chi connectivity index (χ0v) is 12.7. The summed E-state index contributed by atoms with van der Waals surface area (Å²) < 4.78 is 0. The van der Waals surface area contributed by atoms with E-state index in [9.17, 15) is 4.79 Å². The van der Waals surface area contributed by atoms with E-state index in [0.29, 0.717) is 18.4 Å². The topological polar surface area (TPSA) is 46.3 Å². The number of nitrogens with two attached hydrogens (primary N) is 1. The van der Waals surface area contributed by atoms with Gasteiger partial charge in [-0.2, -0.15) is 0 Å². The molecular formula is C16H23ClN2O. The van der Waals surface area contributed by atoms with Gasteiger partial charge >= 0.3 is 0 Å². The van der Waals surface area contributed by atoms with Crippen LogP contribution in [-0.2, 0) is 11.2 Å². The molecule has 3 rings (SSSR count). The van der Waals surface area contributed by atoms with Crippen molar-refractivity contribution >= 4 is 18.3 Å². The van der Waals surface area contributed by atoms with Crippen molar-refractivity contribution in [3.05, 3.63) is 35.4 Å². The molecule has 0 bridgehead atoms. The zero-order valence-electron chi connectivity index (χ0n) is 11.9. The maximum absolute atomic E-state index is 12.7. The van der Waals surface area contributed by atoms with Crippen molar-refractivity contribution < 1.29 is 4.79 Å². The molecule has 3 atom stereocenters. The van der Waals surface area contributed by atoms with Crippen LogP contribution in [0.1, 0.15) is 36.8 Å². The van der Waals surface area contributed by atoms with E-state index in [4.69, 9.17) is 5.73 Å². The summed E-state index contributed by atoms with van der Waals surface area (Å²) in [5.41, 5.74) is 8.43. The van der Waals surface area contributed by atoms with Crippen LogP contribution >= 0.6 is 12.4 Å². The summed E-state index contributed by atoms with van der Waals surface area (Å²) >= 11 is 0. The Kier molecular flexibility index (Phi) is 4.71. The molecular weight excluding hydrogens is 272 g/mol. The van der Waals surface area contributed by atoms with Crippen LogP contribution in [0.3, 0.4) is 0 Å². The minimum atomic E-state index is 0. The Labute approximate surface area is 126 Å². The van der Waals surface area contributed by atoms with Crippen LogP contribution in [0.5, 0.6) is 0 Å². The van der Waals surface area contributed by atoms with Crippen LogP contribution in [-0.4, -0.2) is 29.9 Å². The van der Waals surface area contributed by atoms with E-state index in [2.05, 4.69) is 24.0 Å². The Balaban J connectivity index is 0.00000147. The van der Waals surface area contributed by atoms with Gasteiger partial charge in [-0.25, -0.2) is 0 Å². The van der Waals surface area contributed by atoms with E-state index in [0.717, 1.165) is 19.4 Å². The molecule has 1 amide bonds. The Morgan fingerprint density at radius 1 is 1.40 bits per heavy atom. The van der Waals surface area contributed by atoms with Crippen LogP contribution in [0.2, 0.25) is 0 Å². The summed E-state index contributed by atoms with van der Waals surface area (Å²) in [4.78, 5) is 14.8. The normalized spacial score (nSPS) is 28.1. The smallest absolute Gasteiger partial charge is 0.230 e. The number of amides is 1. The molecule has 2 N–H and O–H groups in total. The number of fused-ring (bicyclic) bond motifs is 1. The fraction of sp³-hybridized carbons (Fsp3) is 0.562. The first-order chi connectivity index (χ1) is 9.22. The lowest BCUT2D eigenvalue weighted by Gasteiger charge is -2.43. The summed E-state index contributed by atoms with van der Waals surface area (Å²) in [5.74, 6) is 0.897. The molecule has 1 heterocycles. The van der Waals surface area contributed by atoms with Crippen molar-refractivity contribution in [3.8, 4) is 0 Å². The van der Waals surface area contributed by atoms with Gasteiger partial charge < -0.3 is 10.6 Å². The lowest BCUT2D eigenvalue weighted by Crippen LogP contribution is -2.53. The predicted molar refractivity (Wildman–Crippen MR) is 83.1 cm³/mol. The molecule has 0 saturated carbocycles. The lowest BCUT2D eigenvalue weighted by molar-refractivity contribution is -0.138. The van der Waals surface area contributed by atoms with Gasteiger partial charge in [-0.15, -0.1) is 12.4 Å². The number of benzene rings is 1. The highest BCUT2D eigenvalue weighted by Crippen LogP contribution is 2.37. The lowest BCUT2D eigenvalue weighted by atomic mass is 9.76. The molecule has 1 aromatic rings. The molecule has 0 spiro atoms. The molecule has 4 heteroatoms. The summed E-state index contributed by atoms with van der Waals surface area (Å²) in [6, 6.07) is 8.52. The van der Waals surface area contributed by atoms with Crippen molar-refractivity contribution in [1.82, 2.24) is 4.90 Å². The number of halogens is 1. The fourth-order valence-corrected chi connectivity index (χ4v) is 3.56. The van der Waals surface area contributed by atoms with Gasteiger partial charge in [0.1, 0.15) is 0 Å². The van der Waals surface area contributed by atoms with Gasteiger partial charge in [0.25, 0.3) is 0 Å². The number of carbonyl (C=O) groups excluding carboxylic acids is 1. The second-order valence-electron chi connectivity index (χ2n) is 5.91. The molecule has 3 nitrogen and oxygen atoms in total. The zero-order chi connectivity index (χ0) is 13.4. The second kappa shape index (κ2) is 6.15. The van der Waals surface area contributed by atoms with Crippen LogP contribution in [0, 0.1) is 5.92 Å². The van der Waals surface area contributed by atoms with E-state index >= 15 is 0 Å². The second-order valence-corrected chi connectivity index (χ2v) is 5.91. The Bertz CT molecular complexity index is 491. The van der Waals surface area contributed by atoms with Gasteiger partial charge in [-0.05, 0) is 36.3 Å². The number of likely N-dealkylation sites (tertiary alicyclic amines) is 1. The third-order valence-electron chi connectivity index (χ3n) is 4.79. The van der Waals surface area contributed by atoms with Crippen molar-refractivity contribution in [3.63, 3.8) is 0 Å². The van der Waals surface area contributed by atoms with Gasteiger partial charge in [0, 0.05) is 19.1 Å². The molecule has 3 unspecified atom stereocenters. The summed E-state index contributed by atoms with van der Waals surface area (Å²) in [7, 11) is 0. The van der Waals surface area contributed by atoms with Gasteiger partial charge in [0.15, 0.2) is 0 Å². The highest BCUT2D eigenvalue weighted by Gasteiger charge is 2.39. The first-order valence-electron chi connectivity index (χ1n) is 7.30. The quantitative estimate of drug-likeness (QED) is 0.910. The van der Waals surface area contributed by atoms with Gasteiger partial charge in [-0.1, -0.05) is 31.2 Å². The van der Waals surface area contributed by atoms with Crippen LogP contribution < -0.4 is 5.73 Å². The number of nitrogens with zero attached hydrogens (tertiary/aromatic N) is 1. The minimum absolute atomic E-state index is 0. The monoisotopic (exact) mass is 294 g/mol. The molecule has 1 fully saturated rings. The van der Waals surface area contributed by atoms with Crippen molar-refractivity contribution in [1.29, 1.82) is 0 Å². The number of rotatable bonds is 2. The molecule has 1 aliphatic carbocycles. The predicted octanol–water partition coefficient (Wildman–Crippen LogP) is 2.33. The number of piperidine rings is 1. The fourth-order valence-electron chi connectivity index (χ4n) is 3.56. The van der Waals surface area contributed by atoms with E-state index in [1.807, 2.05) is 12.1 Å². The Morgan fingerprint density at radius 2 is 2.15 bits per heavy atom. The molecule has 1 saturated heterocycles. The summed E-state index contributed by atoms with van der Waals surface area (Å²) in [5, 5.41) is 0. The van der Waals surface area contributed by atoms with Crippen molar-refractivity contribution in [2.24, 2.45) is 11.7 Å². The molecule has 1 aromatic carbocycles. The first-order valence-corrected chi connectivity index (χ1v) is 7.30. The molecule has 110 valence electrons. The number of hydrogen-bond acceptors (Lipinski definition) is 2. The number of hydrogen-bond donors (Lipinski definition) is 1. The van der Waals surface area contributed by atoms with E-state index in [1.165, 1.54) is 17.5 Å². The third-order valence-corrected chi connectivity index (χ3v) is 4.79. The van der Waals surface area contributed by atoms with E-state index < -0.39 is 0 Å². The SMILES string of the molecule is CC1CCCN(C(=O)C2Cc3ccccc32)C1CN.Cl. The summed E-state index contributed by atoms with van der Waals surface area (Å²) in [6.45, 7) is 3.68. The molecule has 0 radical (unpaired) electrons. The van der Waals surface area contributed by atoms with Gasteiger partial charge in [0.2, 0.25) is 5.91 Å². The van der Waals surface area contributed by atoms with E-state index in [-0.39, 0.29) is 24.4 Å². The largest absolute Gasteiger partial charge is 0.338 e. The number of carbonyl (C=O) groups is 1. The average Bonchev–Trinajstić information content (AvgIpc) is 2.39. The van der Waals surface area contributed by atoms with Crippen LogP contribution in [0.25, 0.3) is 0 Å². The first kappa shape index (κ1) is 15.3. The van der Waals surface area contributed by atoms with E-state index in [1.54, 1.807) is 0 Å².